The van der Waals surface area contributed by atoms with Gasteiger partial charge in [0, 0.05) is 5.94 Å². The molecule has 0 amide bonds. The maximum absolute atomic E-state index is 8.68. The number of nitrogens with two attached hydrogens (primary N) is 1. The molecule has 1 atom stereocenters. The molecule has 4 heteroatoms. The fraction of sp³-hybridized carbons (Fsp3) is 0.778. The van der Waals surface area contributed by atoms with E-state index in [2.05, 4.69) is 6.58 Å². The molecule has 0 radical (unpaired) electrons. The highest BCUT2D eigenvalue weighted by molar-refractivity contribution is 6.43. The Balaban J connectivity index is 3.11. The maximum atomic E-state index is 8.68. The van der Waals surface area contributed by atoms with Crippen molar-refractivity contribution in [3.05, 3.63) is 12.7 Å². The first-order valence-electron chi connectivity index (χ1n) is 4.91. The molecule has 4 N–H and O–H groups in total. The summed E-state index contributed by atoms with van der Waals surface area (Å²) in [4.78, 5) is 0. The monoisotopic (exact) mass is 185 g/mol. The third kappa shape index (κ3) is 8.03. The smallest absolute Gasteiger partial charge is 0.426 e. The highest BCUT2D eigenvalue weighted by atomic mass is 16.4. The second kappa shape index (κ2) is 8.29. The largest absolute Gasteiger partial charge is 0.469 e. The van der Waals surface area contributed by atoms with Crippen molar-refractivity contribution in [2.45, 2.75) is 44.5 Å². The van der Waals surface area contributed by atoms with Crippen LogP contribution in [-0.4, -0.2) is 23.1 Å². The van der Waals surface area contributed by atoms with Crippen LogP contribution in [0.3, 0.4) is 0 Å². The molecule has 0 aromatic carbocycles. The Labute approximate surface area is 80.8 Å². The Kier molecular flexibility index (Phi) is 8.09. The van der Waals surface area contributed by atoms with Gasteiger partial charge in [0.15, 0.2) is 0 Å². The summed E-state index contributed by atoms with van der Waals surface area (Å²) in [5.74, 6) is -0.487. The van der Waals surface area contributed by atoms with E-state index >= 15 is 0 Å². The van der Waals surface area contributed by atoms with E-state index in [0.29, 0.717) is 6.42 Å². The molecule has 76 valence electrons. The van der Waals surface area contributed by atoms with Gasteiger partial charge in [0.1, 0.15) is 0 Å². The molecule has 0 fully saturated rings. The molecule has 0 heterocycles. The molecule has 0 rings (SSSR count). The lowest BCUT2D eigenvalue weighted by atomic mass is 9.77. The quantitative estimate of drug-likeness (QED) is 0.298. The van der Waals surface area contributed by atoms with Gasteiger partial charge in [0.05, 0.1) is 0 Å². The van der Waals surface area contributed by atoms with E-state index in [1.165, 1.54) is 12.8 Å². The van der Waals surface area contributed by atoms with E-state index in [1.54, 1.807) is 0 Å². The minimum absolute atomic E-state index is 0.487. The summed E-state index contributed by atoms with van der Waals surface area (Å²) in [6.07, 6.45) is 8.08. The third-order valence-electron chi connectivity index (χ3n) is 2.08. The Morgan fingerprint density at radius 3 is 2.38 bits per heavy atom. The molecule has 0 aliphatic carbocycles. The fourth-order valence-corrected chi connectivity index (χ4v) is 1.17. The zero-order chi connectivity index (χ0) is 10.1. The minimum atomic E-state index is -1.37. The molecule has 0 aromatic heterocycles. The van der Waals surface area contributed by atoms with Gasteiger partial charge in [0.2, 0.25) is 0 Å². The lowest BCUT2D eigenvalue weighted by molar-refractivity contribution is 0.379. The lowest BCUT2D eigenvalue weighted by Gasteiger charge is -2.08. The van der Waals surface area contributed by atoms with Gasteiger partial charge in [-0.1, -0.05) is 25.3 Å². The summed E-state index contributed by atoms with van der Waals surface area (Å²) < 4.78 is 0. The summed E-state index contributed by atoms with van der Waals surface area (Å²) in [5, 5.41) is 17.4. The highest BCUT2D eigenvalue weighted by Crippen LogP contribution is 2.07. The molecule has 0 bridgehead atoms. The van der Waals surface area contributed by atoms with E-state index < -0.39 is 13.1 Å². The van der Waals surface area contributed by atoms with E-state index in [-0.39, 0.29) is 0 Å². The first kappa shape index (κ1) is 12.7. The molecule has 0 saturated carbocycles. The number of hydrogen-bond donors (Lipinski definition) is 3. The van der Waals surface area contributed by atoms with Gasteiger partial charge in [-0.05, 0) is 19.3 Å². The number of hydrogen-bond acceptors (Lipinski definition) is 3. The van der Waals surface area contributed by atoms with Gasteiger partial charge in [-0.15, -0.1) is 6.58 Å². The zero-order valence-corrected chi connectivity index (χ0v) is 8.15. The van der Waals surface area contributed by atoms with Gasteiger partial charge in [-0.3, -0.25) is 0 Å². The fourth-order valence-electron chi connectivity index (χ4n) is 1.17. The normalized spacial score (nSPS) is 12.5. The van der Waals surface area contributed by atoms with Crippen LogP contribution < -0.4 is 5.73 Å². The lowest BCUT2D eigenvalue weighted by Crippen LogP contribution is -2.38. The molecule has 3 nitrogen and oxygen atoms in total. The van der Waals surface area contributed by atoms with Gasteiger partial charge < -0.3 is 15.8 Å². The molecular formula is C9H20BNO2. The van der Waals surface area contributed by atoms with Crippen molar-refractivity contribution in [2.24, 2.45) is 5.73 Å². The van der Waals surface area contributed by atoms with Gasteiger partial charge in [-0.25, -0.2) is 0 Å². The Bertz CT molecular complexity index is 131. The van der Waals surface area contributed by atoms with Crippen LogP contribution in [0.4, 0.5) is 0 Å². The number of unbranched alkanes of at least 4 members (excludes halogenated alkanes) is 4. The molecular weight excluding hydrogens is 165 g/mol. The van der Waals surface area contributed by atoms with Crippen LogP contribution in [-0.2, 0) is 0 Å². The third-order valence-corrected chi connectivity index (χ3v) is 2.08. The Morgan fingerprint density at radius 2 is 1.85 bits per heavy atom. The van der Waals surface area contributed by atoms with Gasteiger partial charge >= 0.3 is 7.12 Å². The summed E-state index contributed by atoms with van der Waals surface area (Å²) in [6, 6.07) is 0. The zero-order valence-electron chi connectivity index (χ0n) is 8.15. The van der Waals surface area contributed by atoms with Crippen molar-refractivity contribution >= 4 is 7.12 Å². The molecule has 0 unspecified atom stereocenters. The topological polar surface area (TPSA) is 66.5 Å². The number of allylic oxidation sites excluding steroid dienone is 1. The van der Waals surface area contributed by atoms with Gasteiger partial charge in [-0.2, -0.15) is 0 Å². The predicted molar refractivity (Wildman–Crippen MR) is 56.1 cm³/mol. The number of rotatable bonds is 8. The van der Waals surface area contributed by atoms with Crippen LogP contribution in [0.1, 0.15) is 38.5 Å². The van der Waals surface area contributed by atoms with Crippen LogP contribution in [0, 0.1) is 0 Å². The van der Waals surface area contributed by atoms with Crippen molar-refractivity contribution in [2.75, 3.05) is 0 Å². The standard InChI is InChI=1S/C9H20BNO2/c1-2-3-4-5-6-7-8-9(11)10(12)13/h2,9,12-13H,1,3-8,11H2/t9-/m1/s1. The summed E-state index contributed by atoms with van der Waals surface area (Å²) in [7, 11) is -1.37. The van der Waals surface area contributed by atoms with E-state index in [9.17, 15) is 0 Å². The molecule has 0 aliphatic heterocycles. The second-order valence-corrected chi connectivity index (χ2v) is 3.36. The molecule has 0 aliphatic rings. The average molecular weight is 185 g/mol. The summed E-state index contributed by atoms with van der Waals surface area (Å²) >= 11 is 0. The van der Waals surface area contributed by atoms with Crippen LogP contribution in [0.25, 0.3) is 0 Å². The molecule has 0 aromatic rings. The van der Waals surface area contributed by atoms with Crippen LogP contribution in [0.5, 0.6) is 0 Å². The van der Waals surface area contributed by atoms with Crippen LogP contribution >= 0.6 is 0 Å². The van der Waals surface area contributed by atoms with Crippen LogP contribution in [0.2, 0.25) is 0 Å². The average Bonchev–Trinajstić information content (AvgIpc) is 2.10. The van der Waals surface area contributed by atoms with Crippen LogP contribution in [0.15, 0.2) is 12.7 Å². The summed E-state index contributed by atoms with van der Waals surface area (Å²) in [6.45, 7) is 3.64. The minimum Gasteiger partial charge on any atom is -0.426 e. The van der Waals surface area contributed by atoms with E-state index in [1.807, 2.05) is 6.08 Å². The van der Waals surface area contributed by atoms with Crippen molar-refractivity contribution in [3.63, 3.8) is 0 Å². The molecule has 0 saturated heterocycles. The van der Waals surface area contributed by atoms with Crippen molar-refractivity contribution in [3.8, 4) is 0 Å². The SMILES string of the molecule is C=CCCCCCC[C@@H](N)B(O)O. The molecule has 13 heavy (non-hydrogen) atoms. The maximum Gasteiger partial charge on any atom is 0.469 e. The first-order valence-corrected chi connectivity index (χ1v) is 4.91. The second-order valence-electron chi connectivity index (χ2n) is 3.36. The Morgan fingerprint density at radius 1 is 1.23 bits per heavy atom. The molecule has 0 spiro atoms. The predicted octanol–water partition coefficient (Wildman–Crippen LogP) is 0.852. The van der Waals surface area contributed by atoms with E-state index in [4.69, 9.17) is 15.8 Å². The van der Waals surface area contributed by atoms with Crippen molar-refractivity contribution in [1.82, 2.24) is 0 Å². The summed E-state index contributed by atoms with van der Waals surface area (Å²) in [5.41, 5.74) is 5.44. The van der Waals surface area contributed by atoms with Gasteiger partial charge in [0.25, 0.3) is 0 Å². The van der Waals surface area contributed by atoms with Crippen molar-refractivity contribution in [1.29, 1.82) is 0 Å². The van der Waals surface area contributed by atoms with E-state index in [0.717, 1.165) is 19.3 Å². The van der Waals surface area contributed by atoms with Crippen molar-refractivity contribution < 1.29 is 10.0 Å². The first-order chi connectivity index (χ1) is 6.18. The Hall–Kier alpha value is -0.315. The highest BCUT2D eigenvalue weighted by Gasteiger charge is 2.17.